The molecule has 0 saturated heterocycles. The number of hydrogen-bond acceptors (Lipinski definition) is 2. The maximum absolute atomic E-state index is 13.0. The summed E-state index contributed by atoms with van der Waals surface area (Å²) in [6.07, 6.45) is -3.80. The summed E-state index contributed by atoms with van der Waals surface area (Å²) in [6.45, 7) is 1.97. The highest BCUT2D eigenvalue weighted by Crippen LogP contribution is 2.32. The summed E-state index contributed by atoms with van der Waals surface area (Å²) < 4.78 is 51.6. The molecule has 1 aromatic heterocycles. The summed E-state index contributed by atoms with van der Waals surface area (Å²) >= 11 is 1.61. The van der Waals surface area contributed by atoms with Crippen LogP contribution in [0.1, 0.15) is 22.9 Å². The van der Waals surface area contributed by atoms with E-state index < -0.39 is 17.6 Å². The summed E-state index contributed by atoms with van der Waals surface area (Å²) in [4.78, 5) is 1.17. The largest absolute Gasteiger partial charge is 0.416 e. The average molecular weight is 317 g/mol. The third-order valence-electron chi connectivity index (χ3n) is 3.11. The number of halogens is 4. The molecule has 0 saturated carbocycles. The van der Waals surface area contributed by atoms with Crippen LogP contribution in [-0.2, 0) is 19.1 Å². The monoisotopic (exact) mass is 317 g/mol. The zero-order valence-corrected chi connectivity index (χ0v) is 12.2. The quantitative estimate of drug-likeness (QED) is 0.793. The van der Waals surface area contributed by atoms with E-state index in [1.54, 1.807) is 11.3 Å². The van der Waals surface area contributed by atoms with Gasteiger partial charge in [0.2, 0.25) is 0 Å². The van der Waals surface area contributed by atoms with Gasteiger partial charge < -0.3 is 5.32 Å². The van der Waals surface area contributed by atoms with Crippen LogP contribution < -0.4 is 5.32 Å². The first-order valence-corrected chi connectivity index (χ1v) is 7.35. The standard InChI is InChI=1S/C15H15F4NS/c1-10(7-13-3-2-6-21-13)20-9-11-4-5-12(16)8-14(11)15(17,18)19/h2-6,8,10,20H,7,9H2,1H3. The van der Waals surface area contributed by atoms with E-state index in [0.717, 1.165) is 12.5 Å². The second-order valence-electron chi connectivity index (χ2n) is 4.86. The lowest BCUT2D eigenvalue weighted by Crippen LogP contribution is -2.28. The average Bonchev–Trinajstić information content (AvgIpc) is 2.89. The van der Waals surface area contributed by atoms with E-state index in [-0.39, 0.29) is 18.2 Å². The van der Waals surface area contributed by atoms with Crippen LogP contribution in [0.4, 0.5) is 17.6 Å². The Bertz CT molecular complexity index is 578. The maximum Gasteiger partial charge on any atom is 0.416 e. The van der Waals surface area contributed by atoms with E-state index in [4.69, 9.17) is 0 Å². The van der Waals surface area contributed by atoms with Crippen LogP contribution in [0.25, 0.3) is 0 Å². The van der Waals surface area contributed by atoms with Crippen LogP contribution in [0.2, 0.25) is 0 Å². The normalized spacial score (nSPS) is 13.4. The Labute approximate surface area is 124 Å². The van der Waals surface area contributed by atoms with E-state index in [1.807, 2.05) is 24.4 Å². The van der Waals surface area contributed by atoms with E-state index in [0.29, 0.717) is 6.07 Å². The lowest BCUT2D eigenvalue weighted by molar-refractivity contribution is -0.138. The Morgan fingerprint density at radius 2 is 2.00 bits per heavy atom. The Morgan fingerprint density at radius 1 is 1.24 bits per heavy atom. The molecule has 1 N–H and O–H groups in total. The van der Waals surface area contributed by atoms with Crippen molar-refractivity contribution in [1.29, 1.82) is 0 Å². The molecule has 0 aliphatic heterocycles. The van der Waals surface area contributed by atoms with Crippen LogP contribution in [0.15, 0.2) is 35.7 Å². The highest BCUT2D eigenvalue weighted by molar-refractivity contribution is 7.09. The van der Waals surface area contributed by atoms with Gasteiger partial charge in [-0.15, -0.1) is 11.3 Å². The topological polar surface area (TPSA) is 12.0 Å². The highest BCUT2D eigenvalue weighted by atomic mass is 32.1. The van der Waals surface area contributed by atoms with Crippen LogP contribution in [0.5, 0.6) is 0 Å². The fourth-order valence-electron chi connectivity index (χ4n) is 2.05. The van der Waals surface area contributed by atoms with Gasteiger partial charge in [0.15, 0.2) is 0 Å². The molecule has 0 aliphatic carbocycles. The fraction of sp³-hybridized carbons (Fsp3) is 0.333. The summed E-state index contributed by atoms with van der Waals surface area (Å²) in [7, 11) is 0. The molecule has 1 aromatic carbocycles. The minimum atomic E-state index is -4.55. The van der Waals surface area contributed by atoms with Gasteiger partial charge in [-0.3, -0.25) is 0 Å². The zero-order valence-electron chi connectivity index (χ0n) is 11.4. The van der Waals surface area contributed by atoms with Gasteiger partial charge in [0.1, 0.15) is 5.82 Å². The van der Waals surface area contributed by atoms with Crippen molar-refractivity contribution >= 4 is 11.3 Å². The van der Waals surface area contributed by atoms with Crippen molar-refractivity contribution in [2.24, 2.45) is 0 Å². The molecule has 1 nitrogen and oxygen atoms in total. The fourth-order valence-corrected chi connectivity index (χ4v) is 2.89. The zero-order chi connectivity index (χ0) is 15.5. The van der Waals surface area contributed by atoms with Crippen molar-refractivity contribution < 1.29 is 17.6 Å². The minimum absolute atomic E-state index is 0.0368. The summed E-state index contributed by atoms with van der Waals surface area (Å²) in [6, 6.07) is 6.74. The van der Waals surface area contributed by atoms with Gasteiger partial charge in [0.25, 0.3) is 0 Å². The predicted molar refractivity (Wildman–Crippen MR) is 75.7 cm³/mol. The summed E-state index contributed by atoms with van der Waals surface area (Å²) in [5.41, 5.74) is -0.861. The smallest absolute Gasteiger partial charge is 0.310 e. The third-order valence-corrected chi connectivity index (χ3v) is 4.00. The Hall–Kier alpha value is -1.40. The maximum atomic E-state index is 13.0. The molecule has 2 rings (SSSR count). The van der Waals surface area contributed by atoms with Gasteiger partial charge in [-0.2, -0.15) is 13.2 Å². The van der Waals surface area contributed by atoms with Crippen LogP contribution >= 0.6 is 11.3 Å². The first-order valence-electron chi connectivity index (χ1n) is 6.47. The van der Waals surface area contributed by atoms with E-state index in [9.17, 15) is 17.6 Å². The van der Waals surface area contributed by atoms with E-state index in [1.165, 1.54) is 10.9 Å². The molecular formula is C15H15F4NS. The SMILES string of the molecule is CC(Cc1cccs1)NCc1ccc(F)cc1C(F)(F)F. The van der Waals surface area contributed by atoms with Crippen molar-refractivity contribution in [3.63, 3.8) is 0 Å². The van der Waals surface area contributed by atoms with Crippen molar-refractivity contribution in [2.75, 3.05) is 0 Å². The van der Waals surface area contributed by atoms with Crippen LogP contribution in [0.3, 0.4) is 0 Å². The van der Waals surface area contributed by atoms with E-state index in [2.05, 4.69) is 5.32 Å². The van der Waals surface area contributed by atoms with Crippen molar-refractivity contribution in [3.05, 3.63) is 57.5 Å². The highest BCUT2D eigenvalue weighted by Gasteiger charge is 2.33. The number of rotatable bonds is 5. The van der Waals surface area contributed by atoms with Gasteiger partial charge >= 0.3 is 6.18 Å². The van der Waals surface area contributed by atoms with Crippen LogP contribution in [0, 0.1) is 5.82 Å². The Kier molecular flexibility index (Phi) is 5.00. The summed E-state index contributed by atoms with van der Waals surface area (Å²) in [5.74, 6) is -0.877. The second kappa shape index (κ2) is 6.58. The molecule has 6 heteroatoms. The van der Waals surface area contributed by atoms with Crippen LogP contribution in [-0.4, -0.2) is 6.04 Å². The second-order valence-corrected chi connectivity index (χ2v) is 5.90. The van der Waals surface area contributed by atoms with Gasteiger partial charge in [-0.05, 0) is 42.5 Å². The Morgan fingerprint density at radius 3 is 2.62 bits per heavy atom. The van der Waals surface area contributed by atoms with Crippen molar-refractivity contribution in [3.8, 4) is 0 Å². The predicted octanol–water partition coefficient (Wildman–Crippen LogP) is 4.63. The molecule has 1 atom stereocenters. The number of alkyl halides is 3. The molecule has 0 fully saturated rings. The van der Waals surface area contributed by atoms with E-state index >= 15 is 0 Å². The number of benzene rings is 1. The lowest BCUT2D eigenvalue weighted by atomic mass is 10.1. The summed E-state index contributed by atoms with van der Waals surface area (Å²) in [5, 5.41) is 5.02. The first kappa shape index (κ1) is 16.0. The molecule has 0 spiro atoms. The van der Waals surface area contributed by atoms with Gasteiger partial charge in [0.05, 0.1) is 5.56 Å². The van der Waals surface area contributed by atoms with Crippen molar-refractivity contribution in [2.45, 2.75) is 32.1 Å². The number of nitrogens with one attached hydrogen (secondary N) is 1. The molecular weight excluding hydrogens is 302 g/mol. The molecule has 0 amide bonds. The first-order chi connectivity index (χ1) is 9.86. The van der Waals surface area contributed by atoms with Gasteiger partial charge in [0, 0.05) is 17.5 Å². The molecule has 1 heterocycles. The third kappa shape index (κ3) is 4.54. The minimum Gasteiger partial charge on any atom is -0.310 e. The van der Waals surface area contributed by atoms with Gasteiger partial charge in [-0.25, -0.2) is 4.39 Å². The number of hydrogen-bond donors (Lipinski definition) is 1. The Balaban J connectivity index is 2.03. The molecule has 2 aromatic rings. The molecule has 0 bridgehead atoms. The molecule has 21 heavy (non-hydrogen) atoms. The van der Waals surface area contributed by atoms with Crippen molar-refractivity contribution in [1.82, 2.24) is 5.32 Å². The molecule has 114 valence electrons. The van der Waals surface area contributed by atoms with Gasteiger partial charge in [-0.1, -0.05) is 12.1 Å². The molecule has 1 unspecified atom stereocenters. The molecule has 0 aliphatic rings. The number of thiophene rings is 1. The molecule has 0 radical (unpaired) electrons. The lowest BCUT2D eigenvalue weighted by Gasteiger charge is -2.17.